The molecule has 0 amide bonds. The van der Waals surface area contributed by atoms with E-state index in [-0.39, 0.29) is 0 Å². The second-order valence-corrected chi connectivity index (χ2v) is 3.15. The molecule has 12 heavy (non-hydrogen) atoms. The molecule has 0 aromatic carbocycles. The van der Waals surface area contributed by atoms with E-state index in [0.29, 0.717) is 0 Å². The van der Waals surface area contributed by atoms with Gasteiger partial charge in [0.1, 0.15) is 0 Å². The second kappa shape index (κ2) is 2.81. The van der Waals surface area contributed by atoms with Gasteiger partial charge in [-0.2, -0.15) is 5.10 Å². The van der Waals surface area contributed by atoms with Crippen molar-refractivity contribution >= 4 is 0 Å². The first-order valence-electron chi connectivity index (χ1n) is 4.52. The molecule has 0 aliphatic carbocycles. The lowest BCUT2D eigenvalue weighted by Crippen LogP contribution is -2.15. The first-order valence-corrected chi connectivity index (χ1v) is 4.52. The average Bonchev–Trinajstić information content (AvgIpc) is 2.40. The highest BCUT2D eigenvalue weighted by atomic mass is 16.5. The molecule has 0 saturated heterocycles. The molecule has 2 heterocycles. The third-order valence-electron chi connectivity index (χ3n) is 2.31. The molecule has 66 valence electrons. The third kappa shape index (κ3) is 1.00. The predicted octanol–water partition coefficient (Wildman–Crippen LogP) is 1.54. The van der Waals surface area contributed by atoms with Crippen molar-refractivity contribution in [3.8, 4) is 5.88 Å². The fourth-order valence-corrected chi connectivity index (χ4v) is 1.70. The van der Waals surface area contributed by atoms with Gasteiger partial charge in [0.25, 0.3) is 0 Å². The van der Waals surface area contributed by atoms with Crippen LogP contribution in [0.1, 0.15) is 24.6 Å². The standard InChI is InChI=1S/C9H14N2O/c1-3-8-7(2)10-11-5-4-6-12-9(8)11/h3-6H2,1-2H3. The van der Waals surface area contributed by atoms with Gasteiger partial charge in [0.05, 0.1) is 12.3 Å². The number of aromatic nitrogens is 2. The number of fused-ring (bicyclic) bond motifs is 1. The summed E-state index contributed by atoms with van der Waals surface area (Å²) in [5.41, 5.74) is 2.39. The molecule has 0 bridgehead atoms. The smallest absolute Gasteiger partial charge is 0.215 e. The molecule has 2 rings (SSSR count). The van der Waals surface area contributed by atoms with E-state index in [2.05, 4.69) is 12.0 Å². The summed E-state index contributed by atoms with van der Waals surface area (Å²) >= 11 is 0. The van der Waals surface area contributed by atoms with E-state index >= 15 is 0 Å². The van der Waals surface area contributed by atoms with Gasteiger partial charge in [-0.1, -0.05) is 6.92 Å². The zero-order valence-electron chi connectivity index (χ0n) is 7.63. The molecule has 0 saturated carbocycles. The molecule has 1 aromatic heterocycles. The van der Waals surface area contributed by atoms with Gasteiger partial charge in [0, 0.05) is 18.5 Å². The molecule has 1 aliphatic rings. The van der Waals surface area contributed by atoms with E-state index in [0.717, 1.165) is 37.6 Å². The highest BCUT2D eigenvalue weighted by Crippen LogP contribution is 2.25. The van der Waals surface area contributed by atoms with Gasteiger partial charge in [-0.15, -0.1) is 0 Å². The number of rotatable bonds is 1. The van der Waals surface area contributed by atoms with E-state index in [4.69, 9.17) is 4.74 Å². The maximum Gasteiger partial charge on any atom is 0.215 e. The Hall–Kier alpha value is -0.990. The van der Waals surface area contributed by atoms with Crippen LogP contribution in [0.5, 0.6) is 5.88 Å². The van der Waals surface area contributed by atoms with Gasteiger partial charge in [-0.05, 0) is 13.3 Å². The van der Waals surface area contributed by atoms with Crippen LogP contribution in [0.15, 0.2) is 0 Å². The largest absolute Gasteiger partial charge is 0.478 e. The topological polar surface area (TPSA) is 27.1 Å². The van der Waals surface area contributed by atoms with Gasteiger partial charge >= 0.3 is 0 Å². The van der Waals surface area contributed by atoms with Gasteiger partial charge < -0.3 is 4.74 Å². The SMILES string of the molecule is CCc1c(C)nn2c1OCCC2. The Morgan fingerprint density at radius 3 is 3.17 bits per heavy atom. The normalized spacial score (nSPS) is 15.5. The molecule has 0 N–H and O–H groups in total. The van der Waals surface area contributed by atoms with Crippen LogP contribution in [0.3, 0.4) is 0 Å². The molecule has 0 spiro atoms. The van der Waals surface area contributed by atoms with Crippen LogP contribution < -0.4 is 4.74 Å². The van der Waals surface area contributed by atoms with E-state index in [1.165, 1.54) is 5.56 Å². The first-order chi connectivity index (χ1) is 5.83. The Morgan fingerprint density at radius 1 is 1.58 bits per heavy atom. The minimum Gasteiger partial charge on any atom is -0.478 e. The minimum atomic E-state index is 0.845. The van der Waals surface area contributed by atoms with E-state index < -0.39 is 0 Å². The van der Waals surface area contributed by atoms with Crippen molar-refractivity contribution in [2.75, 3.05) is 6.61 Å². The van der Waals surface area contributed by atoms with Crippen molar-refractivity contribution in [1.29, 1.82) is 0 Å². The third-order valence-corrected chi connectivity index (χ3v) is 2.31. The minimum absolute atomic E-state index is 0.845. The number of aryl methyl sites for hydroxylation is 2. The summed E-state index contributed by atoms with van der Waals surface area (Å²) in [7, 11) is 0. The number of hydrogen-bond acceptors (Lipinski definition) is 2. The Labute approximate surface area is 72.3 Å². The maximum absolute atomic E-state index is 5.57. The number of ether oxygens (including phenoxy) is 1. The van der Waals surface area contributed by atoms with Crippen molar-refractivity contribution in [3.05, 3.63) is 11.3 Å². The summed E-state index contributed by atoms with van der Waals surface area (Å²) < 4.78 is 7.55. The van der Waals surface area contributed by atoms with Gasteiger partial charge in [-0.25, -0.2) is 4.68 Å². The van der Waals surface area contributed by atoms with Crippen LogP contribution in [0, 0.1) is 6.92 Å². The van der Waals surface area contributed by atoms with Crippen LogP contribution in [0.2, 0.25) is 0 Å². The monoisotopic (exact) mass is 166 g/mol. The van der Waals surface area contributed by atoms with Crippen molar-refractivity contribution in [2.45, 2.75) is 33.2 Å². The lowest BCUT2D eigenvalue weighted by Gasteiger charge is -2.15. The van der Waals surface area contributed by atoms with Crippen LogP contribution >= 0.6 is 0 Å². The molecule has 0 unspecified atom stereocenters. The first kappa shape index (κ1) is 7.65. The maximum atomic E-state index is 5.57. The highest BCUT2D eigenvalue weighted by molar-refractivity contribution is 5.31. The highest BCUT2D eigenvalue weighted by Gasteiger charge is 2.17. The van der Waals surface area contributed by atoms with Crippen LogP contribution in [-0.4, -0.2) is 16.4 Å². The van der Waals surface area contributed by atoms with Gasteiger partial charge in [0.15, 0.2) is 0 Å². The lowest BCUT2D eigenvalue weighted by atomic mass is 10.2. The Balaban J connectivity index is 2.46. The molecular formula is C9H14N2O. The molecule has 1 aromatic rings. The predicted molar refractivity (Wildman–Crippen MR) is 46.5 cm³/mol. The molecular weight excluding hydrogens is 152 g/mol. The van der Waals surface area contributed by atoms with Gasteiger partial charge in [0.2, 0.25) is 5.88 Å². The number of hydrogen-bond donors (Lipinski definition) is 0. The molecule has 1 aliphatic heterocycles. The van der Waals surface area contributed by atoms with Crippen molar-refractivity contribution < 1.29 is 4.74 Å². The fourth-order valence-electron chi connectivity index (χ4n) is 1.70. The summed E-state index contributed by atoms with van der Waals surface area (Å²) in [6.45, 7) is 6.05. The van der Waals surface area contributed by atoms with Crippen molar-refractivity contribution in [2.24, 2.45) is 0 Å². The summed E-state index contributed by atoms with van der Waals surface area (Å²) in [6.07, 6.45) is 2.10. The fraction of sp³-hybridized carbons (Fsp3) is 0.667. The molecule has 3 nitrogen and oxygen atoms in total. The Kier molecular flexibility index (Phi) is 1.79. The van der Waals surface area contributed by atoms with Crippen molar-refractivity contribution in [1.82, 2.24) is 9.78 Å². The second-order valence-electron chi connectivity index (χ2n) is 3.15. The Bertz CT molecular complexity index is 291. The summed E-state index contributed by atoms with van der Waals surface area (Å²) in [6, 6.07) is 0. The summed E-state index contributed by atoms with van der Waals surface area (Å²) in [5, 5.41) is 4.41. The zero-order valence-corrected chi connectivity index (χ0v) is 7.63. The zero-order chi connectivity index (χ0) is 8.55. The number of nitrogens with zero attached hydrogens (tertiary/aromatic N) is 2. The van der Waals surface area contributed by atoms with Crippen LogP contribution in [0.4, 0.5) is 0 Å². The molecule has 0 radical (unpaired) electrons. The van der Waals surface area contributed by atoms with Gasteiger partial charge in [-0.3, -0.25) is 0 Å². The van der Waals surface area contributed by atoms with Crippen molar-refractivity contribution in [3.63, 3.8) is 0 Å². The van der Waals surface area contributed by atoms with Crippen LogP contribution in [0.25, 0.3) is 0 Å². The van der Waals surface area contributed by atoms with Crippen LogP contribution in [-0.2, 0) is 13.0 Å². The average molecular weight is 166 g/mol. The van der Waals surface area contributed by atoms with E-state index in [1.54, 1.807) is 0 Å². The summed E-state index contributed by atoms with van der Waals surface area (Å²) in [5.74, 6) is 1.00. The van der Waals surface area contributed by atoms with E-state index in [9.17, 15) is 0 Å². The molecule has 3 heteroatoms. The lowest BCUT2D eigenvalue weighted by molar-refractivity contribution is 0.228. The summed E-state index contributed by atoms with van der Waals surface area (Å²) in [4.78, 5) is 0. The quantitative estimate of drug-likeness (QED) is 0.632. The molecule has 0 fully saturated rings. The Morgan fingerprint density at radius 2 is 2.42 bits per heavy atom. The van der Waals surface area contributed by atoms with E-state index in [1.807, 2.05) is 11.6 Å². The molecule has 0 atom stereocenters.